The summed E-state index contributed by atoms with van der Waals surface area (Å²) in [4.78, 5) is 23.2. The molecule has 0 aromatic heterocycles. The highest BCUT2D eigenvalue weighted by Gasteiger charge is 2.22. The summed E-state index contributed by atoms with van der Waals surface area (Å²) in [6.07, 6.45) is 1.68. The molecule has 1 aromatic rings. The Labute approximate surface area is 126 Å². The summed E-state index contributed by atoms with van der Waals surface area (Å²) in [5, 5.41) is 7.87. The second-order valence-corrected chi connectivity index (χ2v) is 4.54. The molecule has 0 saturated carbocycles. The van der Waals surface area contributed by atoms with Gasteiger partial charge in [-0.1, -0.05) is 0 Å². The van der Waals surface area contributed by atoms with Crippen LogP contribution in [0, 0.1) is 11.6 Å². The first-order valence-electron chi connectivity index (χ1n) is 6.32. The number of anilines is 1. The van der Waals surface area contributed by atoms with Crippen molar-refractivity contribution in [1.82, 2.24) is 10.6 Å². The number of carbonyl (C=O) groups excluding carboxylic acids is 2. The van der Waals surface area contributed by atoms with E-state index in [4.69, 9.17) is 0 Å². The van der Waals surface area contributed by atoms with Gasteiger partial charge in [0.1, 0.15) is 0 Å². The summed E-state index contributed by atoms with van der Waals surface area (Å²) in [5.74, 6) is -2.75. The molecule has 0 aliphatic carbocycles. The number of hydrogen-bond donors (Lipinski definition) is 3. The molecule has 1 heterocycles. The van der Waals surface area contributed by atoms with E-state index < -0.39 is 17.5 Å². The smallest absolute Gasteiger partial charge is 0.243 e. The number of amides is 2. The molecule has 5 nitrogen and oxygen atoms in total. The summed E-state index contributed by atoms with van der Waals surface area (Å²) >= 11 is 0. The Kier molecular flexibility index (Phi) is 6.51. The molecule has 3 N–H and O–H groups in total. The molecule has 1 saturated heterocycles. The molecule has 1 unspecified atom stereocenters. The molecule has 0 radical (unpaired) electrons. The van der Waals surface area contributed by atoms with Gasteiger partial charge in [0.15, 0.2) is 11.6 Å². The molecule has 1 aromatic carbocycles. The lowest BCUT2D eigenvalue weighted by Gasteiger charge is -2.11. The van der Waals surface area contributed by atoms with Crippen molar-refractivity contribution in [1.29, 1.82) is 0 Å². The lowest BCUT2D eigenvalue weighted by molar-refractivity contribution is -0.125. The number of carbonyl (C=O) groups is 2. The molecule has 1 aliphatic rings. The fraction of sp³-hybridized carbons (Fsp3) is 0.385. The third kappa shape index (κ3) is 4.95. The van der Waals surface area contributed by atoms with E-state index in [0.717, 1.165) is 31.5 Å². The molecule has 2 rings (SSSR count). The van der Waals surface area contributed by atoms with E-state index in [9.17, 15) is 18.4 Å². The normalized spacial score (nSPS) is 17.0. The van der Waals surface area contributed by atoms with Crippen LogP contribution in [0.2, 0.25) is 0 Å². The van der Waals surface area contributed by atoms with Crippen molar-refractivity contribution in [2.24, 2.45) is 0 Å². The molecule has 1 fully saturated rings. The van der Waals surface area contributed by atoms with Crippen LogP contribution in [0.15, 0.2) is 18.2 Å². The van der Waals surface area contributed by atoms with Gasteiger partial charge in [0, 0.05) is 11.8 Å². The van der Waals surface area contributed by atoms with Crippen LogP contribution in [0.3, 0.4) is 0 Å². The van der Waals surface area contributed by atoms with Crippen molar-refractivity contribution in [3.63, 3.8) is 0 Å². The second-order valence-electron chi connectivity index (χ2n) is 4.54. The van der Waals surface area contributed by atoms with Crippen molar-refractivity contribution in [2.75, 3.05) is 18.4 Å². The maximum atomic E-state index is 12.9. The predicted molar refractivity (Wildman–Crippen MR) is 76.3 cm³/mol. The zero-order valence-electron chi connectivity index (χ0n) is 11.1. The standard InChI is InChI=1S/C13H15F2N3O2.ClH/c14-9-4-3-8(6-10(9)15)18-12(19)7-17-13(20)11-2-1-5-16-11;/h3-4,6,11,16H,1-2,5,7H2,(H,17,20)(H,18,19);1H. The molecule has 0 bridgehead atoms. The van der Waals surface area contributed by atoms with Crippen molar-refractivity contribution in [3.05, 3.63) is 29.8 Å². The van der Waals surface area contributed by atoms with Crippen molar-refractivity contribution in [2.45, 2.75) is 18.9 Å². The monoisotopic (exact) mass is 319 g/mol. The van der Waals surface area contributed by atoms with E-state index in [1.165, 1.54) is 6.07 Å². The highest BCUT2D eigenvalue weighted by atomic mass is 35.5. The number of nitrogens with one attached hydrogen (secondary N) is 3. The van der Waals surface area contributed by atoms with Gasteiger partial charge in [-0.25, -0.2) is 8.78 Å². The second kappa shape index (κ2) is 7.90. The van der Waals surface area contributed by atoms with Crippen LogP contribution in [-0.4, -0.2) is 30.9 Å². The number of halogens is 3. The first-order valence-corrected chi connectivity index (χ1v) is 6.32. The zero-order chi connectivity index (χ0) is 14.5. The van der Waals surface area contributed by atoms with Crippen LogP contribution in [0.5, 0.6) is 0 Å². The van der Waals surface area contributed by atoms with Crippen molar-refractivity contribution in [3.8, 4) is 0 Å². The van der Waals surface area contributed by atoms with Gasteiger partial charge in [-0.05, 0) is 31.5 Å². The number of hydrogen-bond acceptors (Lipinski definition) is 3. The first-order chi connectivity index (χ1) is 9.56. The number of benzene rings is 1. The van der Waals surface area contributed by atoms with E-state index in [-0.39, 0.29) is 36.6 Å². The average molecular weight is 320 g/mol. The Morgan fingerprint density at radius 2 is 2.05 bits per heavy atom. The summed E-state index contributed by atoms with van der Waals surface area (Å²) in [6, 6.07) is 2.79. The fourth-order valence-corrected chi connectivity index (χ4v) is 1.98. The van der Waals surface area contributed by atoms with Gasteiger partial charge >= 0.3 is 0 Å². The molecule has 2 amide bonds. The van der Waals surface area contributed by atoms with Crippen LogP contribution in [-0.2, 0) is 9.59 Å². The minimum atomic E-state index is -1.04. The molecular formula is C13H16ClF2N3O2. The fourth-order valence-electron chi connectivity index (χ4n) is 1.98. The Balaban J connectivity index is 0.00000220. The minimum Gasteiger partial charge on any atom is -0.346 e. The zero-order valence-corrected chi connectivity index (χ0v) is 11.9. The SMILES string of the molecule is Cl.O=C(CNC(=O)C1CCCN1)Nc1ccc(F)c(F)c1. The van der Waals surface area contributed by atoms with Crippen molar-refractivity contribution < 1.29 is 18.4 Å². The van der Waals surface area contributed by atoms with Gasteiger partial charge in [0.2, 0.25) is 11.8 Å². The van der Waals surface area contributed by atoms with Crippen LogP contribution in [0.25, 0.3) is 0 Å². The molecule has 116 valence electrons. The van der Waals surface area contributed by atoms with Gasteiger partial charge < -0.3 is 16.0 Å². The topological polar surface area (TPSA) is 70.2 Å². The largest absolute Gasteiger partial charge is 0.346 e. The Morgan fingerprint density at radius 1 is 1.29 bits per heavy atom. The van der Waals surface area contributed by atoms with Crippen LogP contribution < -0.4 is 16.0 Å². The molecular weight excluding hydrogens is 304 g/mol. The third-order valence-electron chi connectivity index (χ3n) is 3.00. The van der Waals surface area contributed by atoms with Gasteiger partial charge in [-0.2, -0.15) is 0 Å². The highest BCUT2D eigenvalue weighted by Crippen LogP contribution is 2.12. The van der Waals surface area contributed by atoms with Crippen LogP contribution in [0.4, 0.5) is 14.5 Å². The van der Waals surface area contributed by atoms with Gasteiger partial charge in [0.05, 0.1) is 12.6 Å². The van der Waals surface area contributed by atoms with Crippen LogP contribution in [0.1, 0.15) is 12.8 Å². The van der Waals surface area contributed by atoms with Gasteiger partial charge in [-0.3, -0.25) is 9.59 Å². The van der Waals surface area contributed by atoms with E-state index in [1.807, 2.05) is 0 Å². The van der Waals surface area contributed by atoms with E-state index in [2.05, 4.69) is 16.0 Å². The van der Waals surface area contributed by atoms with E-state index in [0.29, 0.717) is 0 Å². The highest BCUT2D eigenvalue weighted by molar-refractivity contribution is 5.95. The van der Waals surface area contributed by atoms with Gasteiger partial charge in [0.25, 0.3) is 0 Å². The maximum Gasteiger partial charge on any atom is 0.243 e. The van der Waals surface area contributed by atoms with Crippen LogP contribution >= 0.6 is 12.4 Å². The van der Waals surface area contributed by atoms with E-state index >= 15 is 0 Å². The summed E-state index contributed by atoms with van der Waals surface area (Å²) in [6.45, 7) is 0.579. The van der Waals surface area contributed by atoms with Crippen molar-refractivity contribution >= 4 is 29.9 Å². The lowest BCUT2D eigenvalue weighted by atomic mass is 10.2. The third-order valence-corrected chi connectivity index (χ3v) is 3.00. The molecule has 8 heteroatoms. The Bertz CT molecular complexity index is 522. The number of rotatable bonds is 4. The Morgan fingerprint density at radius 3 is 2.67 bits per heavy atom. The average Bonchev–Trinajstić information content (AvgIpc) is 2.94. The minimum absolute atomic E-state index is 0. The predicted octanol–water partition coefficient (Wildman–Crippen LogP) is 1.19. The first kappa shape index (κ1) is 17.3. The summed E-state index contributed by atoms with van der Waals surface area (Å²) in [7, 11) is 0. The summed E-state index contributed by atoms with van der Waals surface area (Å²) in [5.41, 5.74) is 0.141. The maximum absolute atomic E-state index is 12.9. The van der Waals surface area contributed by atoms with E-state index in [1.54, 1.807) is 0 Å². The van der Waals surface area contributed by atoms with Gasteiger partial charge in [-0.15, -0.1) is 12.4 Å². The molecule has 0 spiro atoms. The molecule has 21 heavy (non-hydrogen) atoms. The molecule has 1 aliphatic heterocycles. The molecule has 1 atom stereocenters. The lowest BCUT2D eigenvalue weighted by Crippen LogP contribution is -2.43. The summed E-state index contributed by atoms with van der Waals surface area (Å²) < 4.78 is 25.7. The quantitative estimate of drug-likeness (QED) is 0.781. The Hall–Kier alpha value is -1.73.